The molecule has 1 nitrogen and oxygen atoms in total. The molecule has 0 aromatic heterocycles. The minimum absolute atomic E-state index is 0.576. The van der Waals surface area contributed by atoms with Crippen molar-refractivity contribution >= 4 is 5.69 Å². The second-order valence-corrected chi connectivity index (χ2v) is 5.67. The Morgan fingerprint density at radius 3 is 2.17 bits per heavy atom. The Balaban J connectivity index is 2.32. The average molecular weight is 247 g/mol. The van der Waals surface area contributed by atoms with Crippen molar-refractivity contribution in [3.8, 4) is 0 Å². The number of rotatable bonds is 8. The third kappa shape index (κ3) is 5.57. The van der Waals surface area contributed by atoms with Gasteiger partial charge in [-0.05, 0) is 37.0 Å². The number of unbranched alkanes of at least 4 members (excludes halogenated alkanes) is 3. The second kappa shape index (κ2) is 8.18. The molecular weight excluding hydrogens is 218 g/mol. The summed E-state index contributed by atoms with van der Waals surface area (Å²) >= 11 is 0. The zero-order valence-electron chi connectivity index (χ0n) is 12.5. The van der Waals surface area contributed by atoms with E-state index in [1.165, 1.54) is 43.4 Å². The molecule has 1 heteroatoms. The van der Waals surface area contributed by atoms with Crippen molar-refractivity contribution in [3.63, 3.8) is 0 Å². The first kappa shape index (κ1) is 15.1. The fraction of sp³-hybridized carbons (Fsp3) is 0.647. The fourth-order valence-corrected chi connectivity index (χ4v) is 2.20. The molecule has 0 saturated heterocycles. The molecule has 1 atom stereocenters. The van der Waals surface area contributed by atoms with Gasteiger partial charge in [0.15, 0.2) is 0 Å². The highest BCUT2D eigenvalue weighted by molar-refractivity contribution is 5.45. The van der Waals surface area contributed by atoms with Gasteiger partial charge in [0.1, 0.15) is 0 Å². The molecule has 0 fully saturated rings. The van der Waals surface area contributed by atoms with E-state index < -0.39 is 0 Å². The van der Waals surface area contributed by atoms with E-state index in [9.17, 15) is 0 Å². The van der Waals surface area contributed by atoms with Crippen LogP contribution >= 0.6 is 0 Å². The van der Waals surface area contributed by atoms with Gasteiger partial charge in [0.05, 0.1) is 0 Å². The summed E-state index contributed by atoms with van der Waals surface area (Å²) in [7, 11) is 0. The Morgan fingerprint density at radius 1 is 0.944 bits per heavy atom. The average Bonchev–Trinajstić information content (AvgIpc) is 2.35. The van der Waals surface area contributed by atoms with E-state index in [-0.39, 0.29) is 0 Å². The summed E-state index contributed by atoms with van der Waals surface area (Å²) in [4.78, 5) is 0. The molecule has 1 aromatic carbocycles. The molecule has 0 aliphatic carbocycles. The normalized spacial score (nSPS) is 12.7. The predicted octanol–water partition coefficient (Wildman–Crippen LogP) is 5.58. The van der Waals surface area contributed by atoms with Gasteiger partial charge < -0.3 is 5.32 Å². The lowest BCUT2D eigenvalue weighted by atomic mass is 10.0. The minimum Gasteiger partial charge on any atom is -0.383 e. The Kier molecular flexibility index (Phi) is 6.85. The topological polar surface area (TPSA) is 12.0 Å². The van der Waals surface area contributed by atoms with Crippen molar-refractivity contribution in [1.82, 2.24) is 0 Å². The molecule has 0 amide bonds. The van der Waals surface area contributed by atoms with E-state index in [2.05, 4.69) is 57.3 Å². The van der Waals surface area contributed by atoms with E-state index in [0.717, 1.165) is 0 Å². The SMILES string of the molecule is CCCCCCC(C)Nc1ccc(C(C)C)cc1. The first-order valence-electron chi connectivity index (χ1n) is 7.50. The lowest BCUT2D eigenvalue weighted by Crippen LogP contribution is -2.14. The number of hydrogen-bond acceptors (Lipinski definition) is 1. The van der Waals surface area contributed by atoms with Crippen LogP contribution in [0.5, 0.6) is 0 Å². The lowest BCUT2D eigenvalue weighted by molar-refractivity contribution is 0.594. The van der Waals surface area contributed by atoms with Gasteiger partial charge in [0, 0.05) is 11.7 Å². The summed E-state index contributed by atoms with van der Waals surface area (Å²) in [6.45, 7) is 9.01. The lowest BCUT2D eigenvalue weighted by Gasteiger charge is -2.16. The van der Waals surface area contributed by atoms with Crippen molar-refractivity contribution in [2.75, 3.05) is 5.32 Å². The first-order valence-corrected chi connectivity index (χ1v) is 7.50. The van der Waals surface area contributed by atoms with Gasteiger partial charge in [-0.3, -0.25) is 0 Å². The molecule has 0 spiro atoms. The Bertz CT molecular complexity index is 313. The molecule has 0 radical (unpaired) electrons. The largest absolute Gasteiger partial charge is 0.383 e. The second-order valence-electron chi connectivity index (χ2n) is 5.67. The highest BCUT2D eigenvalue weighted by Crippen LogP contribution is 2.18. The van der Waals surface area contributed by atoms with Gasteiger partial charge in [0.2, 0.25) is 0 Å². The number of benzene rings is 1. The molecule has 1 unspecified atom stereocenters. The van der Waals surface area contributed by atoms with Crippen molar-refractivity contribution in [2.45, 2.75) is 71.8 Å². The standard InChI is InChI=1S/C17H29N/c1-5-6-7-8-9-15(4)18-17-12-10-16(11-13-17)14(2)3/h10-15,18H,5-9H2,1-4H3. The molecule has 102 valence electrons. The van der Waals surface area contributed by atoms with Gasteiger partial charge in [-0.15, -0.1) is 0 Å². The van der Waals surface area contributed by atoms with E-state index in [0.29, 0.717) is 12.0 Å². The van der Waals surface area contributed by atoms with Crippen molar-refractivity contribution < 1.29 is 0 Å². The van der Waals surface area contributed by atoms with Gasteiger partial charge >= 0.3 is 0 Å². The van der Waals surface area contributed by atoms with Crippen LogP contribution < -0.4 is 5.32 Å². The maximum Gasteiger partial charge on any atom is 0.0342 e. The Hall–Kier alpha value is -0.980. The van der Waals surface area contributed by atoms with E-state index in [1.54, 1.807) is 0 Å². The van der Waals surface area contributed by atoms with Crippen LogP contribution in [0.4, 0.5) is 5.69 Å². The van der Waals surface area contributed by atoms with Gasteiger partial charge in [0.25, 0.3) is 0 Å². The third-order valence-corrected chi connectivity index (χ3v) is 3.48. The maximum absolute atomic E-state index is 3.58. The molecule has 1 N–H and O–H groups in total. The molecule has 1 rings (SSSR count). The Morgan fingerprint density at radius 2 is 1.61 bits per heavy atom. The minimum atomic E-state index is 0.576. The highest BCUT2D eigenvalue weighted by Gasteiger charge is 2.03. The number of nitrogens with one attached hydrogen (secondary N) is 1. The number of hydrogen-bond donors (Lipinski definition) is 1. The molecule has 0 bridgehead atoms. The monoisotopic (exact) mass is 247 g/mol. The molecule has 0 aliphatic heterocycles. The highest BCUT2D eigenvalue weighted by atomic mass is 14.9. The number of anilines is 1. The van der Waals surface area contributed by atoms with Crippen molar-refractivity contribution in [3.05, 3.63) is 29.8 Å². The fourth-order valence-electron chi connectivity index (χ4n) is 2.20. The molecule has 18 heavy (non-hydrogen) atoms. The summed E-state index contributed by atoms with van der Waals surface area (Å²) in [5.74, 6) is 0.616. The zero-order valence-corrected chi connectivity index (χ0v) is 12.5. The smallest absolute Gasteiger partial charge is 0.0342 e. The summed E-state index contributed by atoms with van der Waals surface area (Å²) < 4.78 is 0. The molecular formula is C17H29N. The molecule has 0 heterocycles. The van der Waals surface area contributed by atoms with Gasteiger partial charge in [-0.1, -0.05) is 58.6 Å². The Labute approximate surface area is 113 Å². The van der Waals surface area contributed by atoms with Crippen LogP contribution in [0.15, 0.2) is 24.3 Å². The van der Waals surface area contributed by atoms with Crippen LogP contribution in [-0.2, 0) is 0 Å². The van der Waals surface area contributed by atoms with Gasteiger partial charge in [-0.25, -0.2) is 0 Å². The van der Waals surface area contributed by atoms with E-state index in [1.807, 2.05) is 0 Å². The van der Waals surface area contributed by atoms with Crippen LogP contribution in [0.1, 0.15) is 71.3 Å². The molecule has 1 aromatic rings. The molecule has 0 saturated carbocycles. The summed E-state index contributed by atoms with van der Waals surface area (Å²) in [5.41, 5.74) is 2.67. The quantitative estimate of drug-likeness (QED) is 0.591. The van der Waals surface area contributed by atoms with Gasteiger partial charge in [-0.2, -0.15) is 0 Å². The van der Waals surface area contributed by atoms with Crippen LogP contribution in [0.2, 0.25) is 0 Å². The van der Waals surface area contributed by atoms with Crippen molar-refractivity contribution in [2.24, 2.45) is 0 Å². The van der Waals surface area contributed by atoms with E-state index >= 15 is 0 Å². The zero-order chi connectivity index (χ0) is 13.4. The van der Waals surface area contributed by atoms with Crippen LogP contribution in [0.3, 0.4) is 0 Å². The maximum atomic E-state index is 3.58. The third-order valence-electron chi connectivity index (χ3n) is 3.48. The summed E-state index contributed by atoms with van der Waals surface area (Å²) in [6, 6.07) is 9.45. The van der Waals surface area contributed by atoms with E-state index in [4.69, 9.17) is 0 Å². The first-order chi connectivity index (χ1) is 8.63. The van der Waals surface area contributed by atoms with Crippen LogP contribution in [-0.4, -0.2) is 6.04 Å². The predicted molar refractivity (Wildman–Crippen MR) is 82.4 cm³/mol. The van der Waals surface area contributed by atoms with Crippen LogP contribution in [0, 0.1) is 0 Å². The van der Waals surface area contributed by atoms with Crippen LogP contribution in [0.25, 0.3) is 0 Å². The summed E-state index contributed by atoms with van der Waals surface area (Å²) in [5, 5.41) is 3.58. The summed E-state index contributed by atoms with van der Waals surface area (Å²) in [6.07, 6.45) is 6.67. The van der Waals surface area contributed by atoms with Crippen molar-refractivity contribution in [1.29, 1.82) is 0 Å². The molecule has 0 aliphatic rings.